The van der Waals surface area contributed by atoms with Gasteiger partial charge in [0.1, 0.15) is 0 Å². The first-order valence-corrected chi connectivity index (χ1v) is 10.5. The van der Waals surface area contributed by atoms with Crippen LogP contribution in [0.2, 0.25) is 0 Å². The van der Waals surface area contributed by atoms with E-state index in [2.05, 4.69) is 39.2 Å². The van der Waals surface area contributed by atoms with Crippen molar-refractivity contribution in [3.05, 3.63) is 34.1 Å². The Kier molecular flexibility index (Phi) is 5.16. The Morgan fingerprint density at radius 2 is 2.04 bits per heavy atom. The van der Waals surface area contributed by atoms with Crippen LogP contribution in [0.4, 0.5) is 5.13 Å². The molecule has 4 heterocycles. The number of rotatable bonds is 4. The van der Waals surface area contributed by atoms with E-state index >= 15 is 0 Å². The van der Waals surface area contributed by atoms with Crippen LogP contribution in [0.15, 0.2) is 16.0 Å². The third-order valence-corrected chi connectivity index (χ3v) is 5.90. The first-order chi connectivity index (χ1) is 13.4. The Balaban J connectivity index is 1.48. The fourth-order valence-electron chi connectivity index (χ4n) is 4.15. The van der Waals surface area contributed by atoms with Gasteiger partial charge in [0.15, 0.2) is 5.13 Å². The van der Waals surface area contributed by atoms with Crippen molar-refractivity contribution >= 4 is 33.5 Å². The Bertz CT molecular complexity index is 1000. The van der Waals surface area contributed by atoms with Gasteiger partial charge in [-0.25, -0.2) is 9.97 Å². The van der Waals surface area contributed by atoms with E-state index in [0.717, 1.165) is 25.3 Å². The fourth-order valence-corrected chi connectivity index (χ4v) is 4.84. The highest BCUT2D eigenvalue weighted by Gasteiger charge is 2.23. The van der Waals surface area contributed by atoms with Crippen LogP contribution in [0, 0.1) is 25.7 Å². The molecule has 0 bridgehead atoms. The van der Waals surface area contributed by atoms with Crippen LogP contribution in [0.5, 0.6) is 0 Å². The van der Waals surface area contributed by atoms with E-state index in [1.165, 1.54) is 17.8 Å². The number of hydrogen-bond donors (Lipinski definition) is 1. The molecule has 148 valence electrons. The number of fused-ring (bicyclic) bond motifs is 1. The van der Waals surface area contributed by atoms with Gasteiger partial charge in [-0.1, -0.05) is 19.0 Å². The summed E-state index contributed by atoms with van der Waals surface area (Å²) in [5.41, 5.74) is 3.26. The Hall–Kier alpha value is -2.32. The molecule has 28 heavy (non-hydrogen) atoms. The second kappa shape index (κ2) is 7.60. The standard InChI is InChI=1S/C20H25N5O2S/c1-11-5-12(2)8-25(7-11)9-15-10-28-20(22-15)23-18(26)16-6-13(3)21-19-17(16)14(4)24-27-19/h6,10-12H,5,7-9H2,1-4H3,(H,22,23,26)/t11-,12+. The summed E-state index contributed by atoms with van der Waals surface area (Å²) in [5.74, 6) is 1.21. The van der Waals surface area contributed by atoms with E-state index in [9.17, 15) is 4.79 Å². The lowest BCUT2D eigenvalue weighted by Gasteiger charge is -2.34. The van der Waals surface area contributed by atoms with Gasteiger partial charge >= 0.3 is 0 Å². The van der Waals surface area contributed by atoms with Crippen LogP contribution in [0.1, 0.15) is 47.7 Å². The summed E-state index contributed by atoms with van der Waals surface area (Å²) in [5, 5.41) is 10.1. The minimum atomic E-state index is -0.220. The van der Waals surface area contributed by atoms with Gasteiger partial charge < -0.3 is 4.52 Å². The quantitative estimate of drug-likeness (QED) is 0.713. The molecule has 1 N–H and O–H groups in total. The minimum absolute atomic E-state index is 0.220. The van der Waals surface area contributed by atoms with Gasteiger partial charge in [-0.2, -0.15) is 0 Å². The molecule has 0 aromatic carbocycles. The summed E-state index contributed by atoms with van der Waals surface area (Å²) in [7, 11) is 0. The first-order valence-electron chi connectivity index (χ1n) is 9.60. The molecule has 8 heteroatoms. The highest BCUT2D eigenvalue weighted by molar-refractivity contribution is 7.14. The molecular formula is C20H25N5O2S. The SMILES string of the molecule is Cc1cc(C(=O)Nc2nc(CN3C[C@H](C)C[C@H](C)C3)cs2)c2c(C)noc2n1. The molecule has 7 nitrogen and oxygen atoms in total. The molecule has 0 aliphatic carbocycles. The van der Waals surface area contributed by atoms with Gasteiger partial charge in [0, 0.05) is 30.7 Å². The zero-order chi connectivity index (χ0) is 19.8. The van der Waals surface area contributed by atoms with Gasteiger partial charge in [0.05, 0.1) is 22.3 Å². The maximum absolute atomic E-state index is 12.9. The fraction of sp³-hybridized carbons (Fsp3) is 0.500. The van der Waals surface area contributed by atoms with Gasteiger partial charge in [0.25, 0.3) is 11.6 Å². The number of hydrogen-bond acceptors (Lipinski definition) is 7. The normalized spacial score (nSPS) is 20.6. The zero-order valence-electron chi connectivity index (χ0n) is 16.7. The Morgan fingerprint density at radius 3 is 2.79 bits per heavy atom. The molecule has 3 aromatic rings. The number of anilines is 1. The number of pyridine rings is 1. The van der Waals surface area contributed by atoms with Crippen molar-refractivity contribution in [3.8, 4) is 0 Å². The maximum atomic E-state index is 12.9. The smallest absolute Gasteiger partial charge is 0.258 e. The molecule has 1 aliphatic rings. The third-order valence-electron chi connectivity index (χ3n) is 5.09. The van der Waals surface area contributed by atoms with Crippen molar-refractivity contribution in [2.75, 3.05) is 18.4 Å². The van der Waals surface area contributed by atoms with Crippen molar-refractivity contribution in [1.82, 2.24) is 20.0 Å². The van der Waals surface area contributed by atoms with Crippen molar-refractivity contribution in [2.45, 2.75) is 40.7 Å². The molecule has 1 amide bonds. The number of thiazole rings is 1. The molecule has 2 atom stereocenters. The summed E-state index contributed by atoms with van der Waals surface area (Å²) in [6, 6.07) is 1.76. The van der Waals surface area contributed by atoms with Crippen molar-refractivity contribution in [3.63, 3.8) is 0 Å². The Morgan fingerprint density at radius 1 is 1.29 bits per heavy atom. The van der Waals surface area contributed by atoms with Gasteiger partial charge in [-0.05, 0) is 38.2 Å². The van der Waals surface area contributed by atoms with Gasteiger partial charge in [-0.3, -0.25) is 15.0 Å². The monoisotopic (exact) mass is 399 g/mol. The number of likely N-dealkylation sites (tertiary alicyclic amines) is 1. The van der Waals surface area contributed by atoms with Crippen LogP contribution >= 0.6 is 11.3 Å². The summed E-state index contributed by atoms with van der Waals surface area (Å²) < 4.78 is 5.22. The molecule has 1 aliphatic heterocycles. The second-order valence-corrected chi connectivity index (χ2v) is 8.86. The highest BCUT2D eigenvalue weighted by Crippen LogP contribution is 2.26. The van der Waals surface area contributed by atoms with Crippen LogP contribution in [0.3, 0.4) is 0 Å². The number of piperidine rings is 1. The van der Waals surface area contributed by atoms with E-state index in [4.69, 9.17) is 4.52 Å². The average molecular weight is 400 g/mol. The molecular weight excluding hydrogens is 374 g/mol. The average Bonchev–Trinajstić information content (AvgIpc) is 3.20. The summed E-state index contributed by atoms with van der Waals surface area (Å²) >= 11 is 1.45. The molecule has 0 saturated carbocycles. The topological polar surface area (TPSA) is 84.2 Å². The number of carbonyl (C=O) groups is 1. The summed E-state index contributed by atoms with van der Waals surface area (Å²) in [6.07, 6.45) is 1.29. The van der Waals surface area contributed by atoms with Crippen LogP contribution in [-0.4, -0.2) is 39.0 Å². The van der Waals surface area contributed by atoms with Crippen LogP contribution in [-0.2, 0) is 6.54 Å². The second-order valence-electron chi connectivity index (χ2n) is 8.00. The third kappa shape index (κ3) is 3.93. The minimum Gasteiger partial charge on any atom is -0.336 e. The largest absolute Gasteiger partial charge is 0.336 e. The van der Waals surface area contributed by atoms with Crippen molar-refractivity contribution < 1.29 is 9.32 Å². The van der Waals surface area contributed by atoms with Crippen molar-refractivity contribution in [2.24, 2.45) is 11.8 Å². The van der Waals surface area contributed by atoms with E-state index in [0.29, 0.717) is 45.0 Å². The van der Waals surface area contributed by atoms with Gasteiger partial charge in [-0.15, -0.1) is 11.3 Å². The summed E-state index contributed by atoms with van der Waals surface area (Å²) in [4.78, 5) is 24.2. The van der Waals surface area contributed by atoms with Crippen LogP contribution < -0.4 is 5.32 Å². The lowest BCUT2D eigenvalue weighted by molar-refractivity contribution is 0.102. The molecule has 0 radical (unpaired) electrons. The molecule has 0 spiro atoms. The first kappa shape index (κ1) is 19.0. The lowest BCUT2D eigenvalue weighted by Crippen LogP contribution is -2.38. The predicted molar refractivity (Wildman–Crippen MR) is 110 cm³/mol. The van der Waals surface area contributed by atoms with E-state index in [-0.39, 0.29) is 5.91 Å². The Labute approximate surface area is 168 Å². The number of aryl methyl sites for hydroxylation is 2. The predicted octanol–water partition coefficient (Wildman–Crippen LogP) is 4.03. The van der Waals surface area contributed by atoms with Crippen molar-refractivity contribution in [1.29, 1.82) is 0 Å². The molecule has 3 aromatic heterocycles. The highest BCUT2D eigenvalue weighted by atomic mass is 32.1. The molecule has 0 unspecified atom stereocenters. The number of carbonyl (C=O) groups excluding carboxylic acids is 1. The number of aromatic nitrogens is 3. The molecule has 4 rings (SSSR count). The summed E-state index contributed by atoms with van der Waals surface area (Å²) in [6.45, 7) is 11.3. The number of nitrogens with one attached hydrogen (secondary N) is 1. The van der Waals surface area contributed by atoms with Gasteiger partial charge in [0.2, 0.25) is 0 Å². The molecule has 1 saturated heterocycles. The lowest BCUT2D eigenvalue weighted by atomic mass is 9.92. The maximum Gasteiger partial charge on any atom is 0.258 e. The van der Waals surface area contributed by atoms with E-state index in [1.807, 2.05) is 19.2 Å². The zero-order valence-corrected chi connectivity index (χ0v) is 17.5. The number of amides is 1. The van der Waals surface area contributed by atoms with Crippen LogP contribution in [0.25, 0.3) is 11.1 Å². The number of nitrogens with zero attached hydrogens (tertiary/aromatic N) is 4. The molecule has 1 fully saturated rings. The van der Waals surface area contributed by atoms with E-state index in [1.54, 1.807) is 6.07 Å². The van der Waals surface area contributed by atoms with E-state index < -0.39 is 0 Å².